The van der Waals surface area contributed by atoms with Gasteiger partial charge in [-0.1, -0.05) is 37.6 Å². The number of hydrogen-bond acceptors (Lipinski definition) is 5. The molecule has 0 saturated carbocycles. The highest BCUT2D eigenvalue weighted by Crippen LogP contribution is 2.30. The number of carbonyl (C=O) groups excluding carboxylic acids is 1. The number of fused-ring (bicyclic) bond motifs is 1. The molecule has 0 atom stereocenters. The summed E-state index contributed by atoms with van der Waals surface area (Å²) in [7, 11) is -3.18. The molecule has 0 N–H and O–H groups in total. The van der Waals surface area contributed by atoms with E-state index in [2.05, 4.69) is 6.92 Å². The minimum Gasteiger partial charge on any atom is -0.460 e. The molecule has 0 unspecified atom stereocenters. The molecule has 1 aromatic heterocycles. The number of rotatable bonds is 7. The summed E-state index contributed by atoms with van der Waals surface area (Å²) < 4.78 is 34.7. The SMILES string of the molecule is CCCCc1oc2ccc(CS(C)(=O)=O)cc2c1C(=O)Oc1ccccc1. The molecular weight excluding hydrogens is 364 g/mol. The van der Waals surface area contributed by atoms with Crippen LogP contribution in [0.4, 0.5) is 0 Å². The zero-order valence-electron chi connectivity index (χ0n) is 15.4. The standard InChI is InChI=1S/C21H22O5S/c1-3-4-10-19-20(21(22)25-16-8-6-5-7-9-16)17-13-15(14-27(2,23)24)11-12-18(17)26-19/h5-9,11-13H,3-4,10,14H2,1-2H3. The first kappa shape index (κ1) is 19.2. The lowest BCUT2D eigenvalue weighted by Crippen LogP contribution is -2.10. The number of hydrogen-bond donors (Lipinski definition) is 0. The third-order valence-corrected chi connectivity index (χ3v) is 5.03. The number of esters is 1. The van der Waals surface area contributed by atoms with Gasteiger partial charge in [0, 0.05) is 18.1 Å². The summed E-state index contributed by atoms with van der Waals surface area (Å²) in [6.07, 6.45) is 3.64. The van der Waals surface area contributed by atoms with E-state index in [0.29, 0.717) is 40.0 Å². The highest BCUT2D eigenvalue weighted by Gasteiger charge is 2.23. The Morgan fingerprint density at radius 2 is 1.85 bits per heavy atom. The number of sulfone groups is 1. The molecule has 0 spiro atoms. The van der Waals surface area contributed by atoms with E-state index in [0.717, 1.165) is 12.8 Å². The van der Waals surface area contributed by atoms with Crippen molar-refractivity contribution in [2.45, 2.75) is 31.9 Å². The van der Waals surface area contributed by atoms with Gasteiger partial charge in [0.1, 0.15) is 22.7 Å². The number of aryl methyl sites for hydroxylation is 1. The molecule has 27 heavy (non-hydrogen) atoms. The number of ether oxygens (including phenoxy) is 1. The molecule has 3 aromatic rings. The van der Waals surface area contributed by atoms with Crippen LogP contribution in [-0.4, -0.2) is 20.6 Å². The second-order valence-electron chi connectivity index (χ2n) is 6.61. The molecule has 1 heterocycles. The molecule has 0 saturated heterocycles. The molecule has 0 radical (unpaired) electrons. The zero-order valence-corrected chi connectivity index (χ0v) is 16.2. The Bertz CT molecular complexity index is 1050. The summed E-state index contributed by atoms with van der Waals surface area (Å²) in [6.45, 7) is 2.06. The van der Waals surface area contributed by atoms with Gasteiger partial charge in [-0.2, -0.15) is 0 Å². The van der Waals surface area contributed by atoms with Gasteiger partial charge in [0.15, 0.2) is 9.84 Å². The Kier molecular flexibility index (Phi) is 5.65. The van der Waals surface area contributed by atoms with Crippen molar-refractivity contribution in [2.24, 2.45) is 0 Å². The maximum atomic E-state index is 12.9. The highest BCUT2D eigenvalue weighted by atomic mass is 32.2. The quantitative estimate of drug-likeness (QED) is 0.440. The summed E-state index contributed by atoms with van der Waals surface area (Å²) in [6, 6.07) is 14.0. The van der Waals surface area contributed by atoms with Crippen LogP contribution < -0.4 is 4.74 Å². The average Bonchev–Trinajstić information content (AvgIpc) is 2.97. The summed E-state index contributed by atoms with van der Waals surface area (Å²) in [5.74, 6) is 0.434. The van der Waals surface area contributed by atoms with E-state index in [-0.39, 0.29) is 5.75 Å². The van der Waals surface area contributed by atoms with E-state index in [1.807, 2.05) is 6.07 Å². The number of furan rings is 1. The first-order chi connectivity index (χ1) is 12.9. The predicted octanol–water partition coefficient (Wildman–Crippen LogP) is 4.54. The first-order valence-corrected chi connectivity index (χ1v) is 10.9. The van der Waals surface area contributed by atoms with Gasteiger partial charge in [-0.15, -0.1) is 0 Å². The normalized spacial score (nSPS) is 11.6. The summed E-state index contributed by atoms with van der Waals surface area (Å²) in [5, 5.41) is 0.586. The third-order valence-electron chi connectivity index (χ3n) is 4.17. The highest BCUT2D eigenvalue weighted by molar-refractivity contribution is 7.89. The van der Waals surface area contributed by atoms with Gasteiger partial charge in [-0.25, -0.2) is 13.2 Å². The predicted molar refractivity (Wildman–Crippen MR) is 105 cm³/mol. The van der Waals surface area contributed by atoms with E-state index < -0.39 is 15.8 Å². The van der Waals surface area contributed by atoms with E-state index >= 15 is 0 Å². The van der Waals surface area contributed by atoms with Crippen molar-refractivity contribution in [1.29, 1.82) is 0 Å². The average molecular weight is 386 g/mol. The molecule has 0 aliphatic heterocycles. The van der Waals surface area contributed by atoms with Crippen LogP contribution in [0.1, 0.15) is 41.4 Å². The molecule has 0 aliphatic carbocycles. The fourth-order valence-corrected chi connectivity index (χ4v) is 3.76. The lowest BCUT2D eigenvalue weighted by atomic mass is 10.1. The number of unbranched alkanes of at least 4 members (excludes halogenated alkanes) is 1. The fourth-order valence-electron chi connectivity index (χ4n) is 2.97. The van der Waals surface area contributed by atoms with Gasteiger partial charge in [0.05, 0.1) is 5.75 Å². The third kappa shape index (κ3) is 4.77. The number of benzene rings is 2. The molecule has 0 aliphatic rings. The van der Waals surface area contributed by atoms with Crippen molar-refractivity contribution in [3.8, 4) is 5.75 Å². The monoisotopic (exact) mass is 386 g/mol. The van der Waals surface area contributed by atoms with Gasteiger partial charge in [-0.3, -0.25) is 0 Å². The first-order valence-electron chi connectivity index (χ1n) is 8.86. The van der Waals surface area contributed by atoms with Crippen molar-refractivity contribution in [3.63, 3.8) is 0 Å². The van der Waals surface area contributed by atoms with Crippen molar-refractivity contribution in [1.82, 2.24) is 0 Å². The number of para-hydroxylation sites is 1. The van der Waals surface area contributed by atoms with Crippen LogP contribution in [0.5, 0.6) is 5.75 Å². The van der Waals surface area contributed by atoms with Gasteiger partial charge >= 0.3 is 5.97 Å². The maximum Gasteiger partial charge on any atom is 0.347 e. The van der Waals surface area contributed by atoms with Crippen LogP contribution in [0.3, 0.4) is 0 Å². The molecule has 6 heteroatoms. The van der Waals surface area contributed by atoms with Gasteiger partial charge in [0.2, 0.25) is 0 Å². The lowest BCUT2D eigenvalue weighted by Gasteiger charge is -2.05. The zero-order chi connectivity index (χ0) is 19.4. The van der Waals surface area contributed by atoms with Crippen molar-refractivity contribution >= 4 is 26.8 Å². The molecular formula is C21H22O5S. The van der Waals surface area contributed by atoms with Crippen LogP contribution in [0.25, 0.3) is 11.0 Å². The summed E-state index contributed by atoms with van der Waals surface area (Å²) in [4.78, 5) is 12.9. The van der Waals surface area contributed by atoms with Crippen LogP contribution in [0.15, 0.2) is 52.9 Å². The Morgan fingerprint density at radius 1 is 1.11 bits per heavy atom. The molecule has 0 bridgehead atoms. The van der Waals surface area contributed by atoms with Crippen molar-refractivity contribution in [3.05, 3.63) is 65.4 Å². The summed E-state index contributed by atoms with van der Waals surface area (Å²) in [5.41, 5.74) is 1.54. The Morgan fingerprint density at radius 3 is 2.52 bits per heavy atom. The van der Waals surface area contributed by atoms with Crippen LogP contribution in [0, 0.1) is 0 Å². The smallest absolute Gasteiger partial charge is 0.347 e. The van der Waals surface area contributed by atoms with Gasteiger partial charge in [-0.05, 0) is 36.2 Å². The second-order valence-corrected chi connectivity index (χ2v) is 8.75. The lowest BCUT2D eigenvalue weighted by molar-refractivity contribution is 0.0734. The summed E-state index contributed by atoms with van der Waals surface area (Å²) >= 11 is 0. The van der Waals surface area contributed by atoms with Crippen molar-refractivity contribution < 1.29 is 22.4 Å². The largest absolute Gasteiger partial charge is 0.460 e. The van der Waals surface area contributed by atoms with E-state index in [4.69, 9.17) is 9.15 Å². The number of carbonyl (C=O) groups is 1. The Labute approximate surface area is 158 Å². The van der Waals surface area contributed by atoms with E-state index in [1.54, 1.807) is 42.5 Å². The van der Waals surface area contributed by atoms with Gasteiger partial charge < -0.3 is 9.15 Å². The van der Waals surface area contributed by atoms with E-state index in [1.165, 1.54) is 6.26 Å². The Hall–Kier alpha value is -2.60. The molecule has 142 valence electrons. The molecule has 5 nitrogen and oxygen atoms in total. The van der Waals surface area contributed by atoms with Crippen LogP contribution >= 0.6 is 0 Å². The Balaban J connectivity index is 2.05. The second kappa shape index (κ2) is 7.96. The van der Waals surface area contributed by atoms with Gasteiger partial charge in [0.25, 0.3) is 0 Å². The molecule has 0 fully saturated rings. The molecule has 2 aromatic carbocycles. The van der Waals surface area contributed by atoms with Crippen molar-refractivity contribution in [2.75, 3.05) is 6.26 Å². The topological polar surface area (TPSA) is 73.6 Å². The maximum absolute atomic E-state index is 12.9. The van der Waals surface area contributed by atoms with E-state index in [9.17, 15) is 13.2 Å². The fraction of sp³-hybridized carbons (Fsp3) is 0.286. The molecule has 3 rings (SSSR count). The minimum atomic E-state index is -3.18. The van der Waals surface area contributed by atoms with Crippen LogP contribution in [-0.2, 0) is 22.0 Å². The van der Waals surface area contributed by atoms with Crippen LogP contribution in [0.2, 0.25) is 0 Å². The molecule has 0 amide bonds. The minimum absolute atomic E-state index is 0.0917.